The zero-order valence-corrected chi connectivity index (χ0v) is 15.2. The lowest BCUT2D eigenvalue weighted by Gasteiger charge is -2.18. The first-order valence-electron chi connectivity index (χ1n) is 7.90. The molecule has 0 saturated carbocycles. The van der Waals surface area contributed by atoms with Crippen molar-refractivity contribution in [1.82, 2.24) is 5.32 Å². The van der Waals surface area contributed by atoms with E-state index in [4.69, 9.17) is 15.2 Å². The molecule has 3 N–H and O–H groups in total. The molecule has 0 aliphatic heterocycles. The zero-order valence-electron chi connectivity index (χ0n) is 14.4. The average molecular weight is 373 g/mol. The van der Waals surface area contributed by atoms with E-state index in [2.05, 4.69) is 5.32 Å². The highest BCUT2D eigenvalue weighted by molar-refractivity contribution is 5.88. The van der Waals surface area contributed by atoms with E-state index in [9.17, 15) is 14.4 Å². The summed E-state index contributed by atoms with van der Waals surface area (Å²) in [5, 5.41) is 2.58. The number of carbonyl (C=O) groups excluding carboxylic acids is 3. The van der Waals surface area contributed by atoms with Crippen LogP contribution in [-0.4, -0.2) is 43.1 Å². The second-order valence-electron chi connectivity index (χ2n) is 5.12. The number of rotatable bonds is 9. The quantitative estimate of drug-likeness (QED) is 0.625. The van der Waals surface area contributed by atoms with Gasteiger partial charge in [0.2, 0.25) is 5.91 Å². The topological polar surface area (TPSA) is 108 Å². The molecule has 7 nitrogen and oxygen atoms in total. The van der Waals surface area contributed by atoms with Crippen LogP contribution in [0.3, 0.4) is 0 Å². The maximum Gasteiger partial charge on any atom is 0.328 e. The fourth-order valence-corrected chi connectivity index (χ4v) is 2.07. The first-order chi connectivity index (χ1) is 11.5. The van der Waals surface area contributed by atoms with Gasteiger partial charge in [0.25, 0.3) is 0 Å². The minimum absolute atomic E-state index is 0. The van der Waals surface area contributed by atoms with E-state index in [0.29, 0.717) is 6.42 Å². The Balaban J connectivity index is 0.00000576. The van der Waals surface area contributed by atoms with E-state index < -0.39 is 29.9 Å². The predicted molar refractivity (Wildman–Crippen MR) is 95.2 cm³/mol. The minimum Gasteiger partial charge on any atom is -0.465 e. The van der Waals surface area contributed by atoms with Crippen molar-refractivity contribution in [3.05, 3.63) is 35.9 Å². The summed E-state index contributed by atoms with van der Waals surface area (Å²) in [5.41, 5.74) is 6.50. The van der Waals surface area contributed by atoms with Gasteiger partial charge in [-0.1, -0.05) is 30.3 Å². The molecular weight excluding hydrogens is 348 g/mol. The van der Waals surface area contributed by atoms with Gasteiger partial charge in [0.1, 0.15) is 12.1 Å². The summed E-state index contributed by atoms with van der Waals surface area (Å²) in [7, 11) is 0. The Kier molecular flexibility index (Phi) is 11.2. The highest BCUT2D eigenvalue weighted by Gasteiger charge is 2.25. The highest BCUT2D eigenvalue weighted by atomic mass is 35.5. The van der Waals surface area contributed by atoms with Gasteiger partial charge in [-0.2, -0.15) is 0 Å². The number of nitrogens with two attached hydrogens (primary N) is 1. The molecule has 140 valence electrons. The average Bonchev–Trinajstić information content (AvgIpc) is 2.55. The van der Waals surface area contributed by atoms with Crippen LogP contribution >= 0.6 is 12.4 Å². The molecule has 0 heterocycles. The van der Waals surface area contributed by atoms with Crippen LogP contribution in [-0.2, 0) is 30.3 Å². The van der Waals surface area contributed by atoms with Crippen molar-refractivity contribution >= 4 is 30.3 Å². The Labute approximate surface area is 153 Å². The van der Waals surface area contributed by atoms with Crippen LogP contribution in [0.2, 0.25) is 0 Å². The molecule has 1 amide bonds. The monoisotopic (exact) mass is 372 g/mol. The molecule has 0 fully saturated rings. The van der Waals surface area contributed by atoms with Gasteiger partial charge in [0, 0.05) is 6.42 Å². The third kappa shape index (κ3) is 8.51. The summed E-state index contributed by atoms with van der Waals surface area (Å²) in [6, 6.07) is 7.34. The first-order valence-corrected chi connectivity index (χ1v) is 7.90. The van der Waals surface area contributed by atoms with Crippen molar-refractivity contribution in [2.75, 3.05) is 13.2 Å². The molecule has 25 heavy (non-hydrogen) atoms. The molecule has 2 atom stereocenters. The third-order valence-electron chi connectivity index (χ3n) is 3.18. The maximum absolute atomic E-state index is 12.1. The van der Waals surface area contributed by atoms with E-state index in [1.54, 1.807) is 13.8 Å². The maximum atomic E-state index is 12.1. The second-order valence-corrected chi connectivity index (χ2v) is 5.12. The summed E-state index contributed by atoms with van der Waals surface area (Å²) in [6.45, 7) is 3.74. The molecule has 0 aliphatic rings. The second kappa shape index (κ2) is 12.3. The molecule has 0 bridgehead atoms. The Morgan fingerprint density at radius 3 is 2.16 bits per heavy atom. The van der Waals surface area contributed by atoms with Crippen LogP contribution in [0, 0.1) is 0 Å². The number of carbonyl (C=O) groups is 3. The molecule has 1 rings (SSSR count). The minimum atomic E-state index is -1.07. The summed E-state index contributed by atoms with van der Waals surface area (Å²) in [5.74, 6) is -1.69. The smallest absolute Gasteiger partial charge is 0.328 e. The Bertz CT molecular complexity index is 553. The lowest BCUT2D eigenvalue weighted by Crippen LogP contribution is -2.46. The summed E-state index contributed by atoms with van der Waals surface area (Å²) in [4.78, 5) is 35.6. The lowest BCUT2D eigenvalue weighted by molar-refractivity contribution is -0.148. The van der Waals surface area contributed by atoms with Gasteiger partial charge >= 0.3 is 11.9 Å². The molecule has 0 spiro atoms. The van der Waals surface area contributed by atoms with E-state index in [0.717, 1.165) is 5.56 Å². The number of amides is 1. The van der Waals surface area contributed by atoms with Crippen LogP contribution in [0.1, 0.15) is 25.8 Å². The van der Waals surface area contributed by atoms with Gasteiger partial charge in [-0.05, 0) is 19.4 Å². The van der Waals surface area contributed by atoms with Crippen molar-refractivity contribution in [3.8, 4) is 0 Å². The van der Waals surface area contributed by atoms with Crippen LogP contribution in [0.25, 0.3) is 0 Å². The Morgan fingerprint density at radius 2 is 1.60 bits per heavy atom. The van der Waals surface area contributed by atoms with E-state index in [1.807, 2.05) is 30.3 Å². The SMILES string of the molecule is CCOC(=O)C(N)CC(=O)NC(Cc1ccccc1)C(=O)OCC.Cl. The van der Waals surface area contributed by atoms with Crippen LogP contribution in [0.15, 0.2) is 30.3 Å². The number of hydrogen-bond acceptors (Lipinski definition) is 6. The van der Waals surface area contributed by atoms with E-state index >= 15 is 0 Å². The number of nitrogens with one attached hydrogen (secondary N) is 1. The first kappa shape index (κ1) is 22.9. The molecule has 0 aromatic heterocycles. The molecule has 0 radical (unpaired) electrons. The predicted octanol–water partition coefficient (Wildman–Crippen LogP) is 0.979. The molecule has 0 aliphatic carbocycles. The number of hydrogen-bond donors (Lipinski definition) is 2. The fourth-order valence-electron chi connectivity index (χ4n) is 2.07. The van der Waals surface area contributed by atoms with Crippen LogP contribution < -0.4 is 11.1 Å². The molecule has 2 unspecified atom stereocenters. The normalized spacial score (nSPS) is 12.3. The number of benzene rings is 1. The van der Waals surface area contributed by atoms with Crippen molar-refractivity contribution in [2.24, 2.45) is 5.73 Å². The van der Waals surface area contributed by atoms with Gasteiger partial charge < -0.3 is 20.5 Å². The van der Waals surface area contributed by atoms with Crippen molar-refractivity contribution in [3.63, 3.8) is 0 Å². The molecule has 8 heteroatoms. The van der Waals surface area contributed by atoms with Gasteiger partial charge in [0.15, 0.2) is 0 Å². The lowest BCUT2D eigenvalue weighted by atomic mass is 10.1. The van der Waals surface area contributed by atoms with Gasteiger partial charge in [-0.25, -0.2) is 4.79 Å². The van der Waals surface area contributed by atoms with Gasteiger partial charge in [0.05, 0.1) is 19.6 Å². The van der Waals surface area contributed by atoms with Crippen LogP contribution in [0.5, 0.6) is 0 Å². The summed E-state index contributed by atoms with van der Waals surface area (Å²) >= 11 is 0. The van der Waals surface area contributed by atoms with Crippen molar-refractivity contribution in [2.45, 2.75) is 38.8 Å². The van der Waals surface area contributed by atoms with Crippen LogP contribution in [0.4, 0.5) is 0 Å². The fraction of sp³-hybridized carbons (Fsp3) is 0.471. The Hall–Kier alpha value is -2.12. The molecular formula is C17H25ClN2O5. The third-order valence-corrected chi connectivity index (χ3v) is 3.18. The van der Waals surface area contributed by atoms with E-state index in [1.165, 1.54) is 0 Å². The van der Waals surface area contributed by atoms with Crippen molar-refractivity contribution < 1.29 is 23.9 Å². The highest BCUT2D eigenvalue weighted by Crippen LogP contribution is 2.06. The molecule has 1 aromatic rings. The standard InChI is InChI=1S/C17H24N2O5.ClH/c1-3-23-16(21)13(18)11-15(20)19-14(17(22)24-4-2)10-12-8-6-5-7-9-12;/h5-9,13-14H,3-4,10-11,18H2,1-2H3,(H,19,20);1H. The summed E-state index contributed by atoms with van der Waals surface area (Å²) in [6.07, 6.45) is 0.0313. The van der Waals surface area contributed by atoms with Gasteiger partial charge in [-0.3, -0.25) is 9.59 Å². The molecule has 0 saturated heterocycles. The zero-order chi connectivity index (χ0) is 17.9. The molecule has 1 aromatic carbocycles. The van der Waals surface area contributed by atoms with Gasteiger partial charge in [-0.15, -0.1) is 12.4 Å². The van der Waals surface area contributed by atoms with E-state index in [-0.39, 0.29) is 32.0 Å². The largest absolute Gasteiger partial charge is 0.465 e. The number of ether oxygens (including phenoxy) is 2. The number of esters is 2. The Morgan fingerprint density at radius 1 is 1.04 bits per heavy atom. The number of halogens is 1. The van der Waals surface area contributed by atoms with Crippen molar-refractivity contribution in [1.29, 1.82) is 0 Å². The summed E-state index contributed by atoms with van der Waals surface area (Å²) < 4.78 is 9.75.